The Morgan fingerprint density at radius 3 is 2.67 bits per heavy atom. The van der Waals surface area contributed by atoms with Crippen molar-refractivity contribution < 1.29 is 4.79 Å². The summed E-state index contributed by atoms with van der Waals surface area (Å²) < 4.78 is 2.87. The van der Waals surface area contributed by atoms with E-state index in [1.807, 2.05) is 30.3 Å². The number of rotatable bonds is 3. The Morgan fingerprint density at radius 1 is 1.14 bits per heavy atom. The summed E-state index contributed by atoms with van der Waals surface area (Å²) in [6.07, 6.45) is 5.09. The van der Waals surface area contributed by atoms with Gasteiger partial charge in [-0.2, -0.15) is 0 Å². The van der Waals surface area contributed by atoms with Crippen LogP contribution in [0.3, 0.4) is 0 Å². The molecule has 0 unspecified atom stereocenters. The number of imidazole rings is 1. The molecular formula is C15H11IN4O. The van der Waals surface area contributed by atoms with Crippen molar-refractivity contribution >= 4 is 34.2 Å². The molecule has 1 amide bonds. The van der Waals surface area contributed by atoms with Crippen LogP contribution in [0.2, 0.25) is 0 Å². The summed E-state index contributed by atoms with van der Waals surface area (Å²) in [5, 5.41) is 2.83. The predicted molar refractivity (Wildman–Crippen MR) is 88.5 cm³/mol. The molecule has 0 aliphatic carbocycles. The first-order valence-corrected chi connectivity index (χ1v) is 7.32. The van der Waals surface area contributed by atoms with Crippen molar-refractivity contribution in [2.75, 3.05) is 5.32 Å². The fourth-order valence-corrected chi connectivity index (χ4v) is 2.18. The number of aromatic nitrogens is 3. The van der Waals surface area contributed by atoms with Gasteiger partial charge in [-0.1, -0.05) is 6.07 Å². The van der Waals surface area contributed by atoms with E-state index in [2.05, 4.69) is 37.9 Å². The van der Waals surface area contributed by atoms with Crippen molar-refractivity contribution in [1.29, 1.82) is 0 Å². The van der Waals surface area contributed by atoms with Gasteiger partial charge < -0.3 is 5.32 Å². The van der Waals surface area contributed by atoms with Crippen LogP contribution in [0.25, 0.3) is 5.82 Å². The average Bonchev–Trinajstić information content (AvgIpc) is 3.04. The zero-order valence-corrected chi connectivity index (χ0v) is 13.1. The van der Waals surface area contributed by atoms with E-state index in [1.165, 1.54) is 0 Å². The normalized spacial score (nSPS) is 10.3. The number of carbonyl (C=O) groups excluding carboxylic acids is 1. The van der Waals surface area contributed by atoms with Crippen LogP contribution in [0, 0.1) is 3.57 Å². The van der Waals surface area contributed by atoms with Gasteiger partial charge >= 0.3 is 0 Å². The van der Waals surface area contributed by atoms with Crippen molar-refractivity contribution in [3.63, 3.8) is 0 Å². The topological polar surface area (TPSA) is 59.8 Å². The highest BCUT2D eigenvalue weighted by atomic mass is 127. The number of benzene rings is 1. The maximum absolute atomic E-state index is 12.2. The van der Waals surface area contributed by atoms with E-state index in [4.69, 9.17) is 0 Å². The second-order valence-corrected chi connectivity index (χ2v) is 5.56. The Balaban J connectivity index is 1.81. The van der Waals surface area contributed by atoms with Crippen LogP contribution in [0.5, 0.6) is 0 Å². The van der Waals surface area contributed by atoms with Crippen LogP contribution in [0.1, 0.15) is 10.5 Å². The molecule has 0 saturated heterocycles. The molecule has 0 atom stereocenters. The number of carbonyl (C=O) groups is 1. The largest absolute Gasteiger partial charge is 0.321 e. The Labute approximate surface area is 135 Å². The van der Waals surface area contributed by atoms with Crippen molar-refractivity contribution in [1.82, 2.24) is 14.5 Å². The van der Waals surface area contributed by atoms with E-state index in [1.54, 1.807) is 35.4 Å². The lowest BCUT2D eigenvalue weighted by molar-refractivity contribution is 0.102. The second kappa shape index (κ2) is 6.04. The second-order valence-electron chi connectivity index (χ2n) is 4.31. The number of nitrogens with one attached hydrogen (secondary N) is 1. The first-order chi connectivity index (χ1) is 10.2. The molecule has 2 heterocycles. The van der Waals surface area contributed by atoms with Crippen molar-refractivity contribution in [3.05, 3.63) is 70.4 Å². The summed E-state index contributed by atoms with van der Waals surface area (Å²) in [4.78, 5) is 20.5. The molecular weight excluding hydrogens is 379 g/mol. The van der Waals surface area contributed by atoms with Gasteiger partial charge in [0, 0.05) is 21.7 Å². The average molecular weight is 390 g/mol. The zero-order valence-electron chi connectivity index (χ0n) is 10.9. The van der Waals surface area contributed by atoms with Gasteiger partial charge in [-0.15, -0.1) is 0 Å². The Kier molecular flexibility index (Phi) is 3.96. The minimum Gasteiger partial charge on any atom is -0.321 e. The van der Waals surface area contributed by atoms with Gasteiger partial charge in [0.05, 0.1) is 0 Å². The molecule has 5 nitrogen and oxygen atoms in total. The smallest absolute Gasteiger partial charge is 0.274 e. The van der Waals surface area contributed by atoms with E-state index >= 15 is 0 Å². The Morgan fingerprint density at radius 2 is 1.95 bits per heavy atom. The number of nitrogens with zero attached hydrogens (tertiary/aromatic N) is 3. The highest BCUT2D eigenvalue weighted by Crippen LogP contribution is 2.13. The van der Waals surface area contributed by atoms with Gasteiger partial charge in [0.2, 0.25) is 0 Å². The van der Waals surface area contributed by atoms with Gasteiger partial charge in [-0.25, -0.2) is 9.97 Å². The maximum Gasteiger partial charge on any atom is 0.274 e. The predicted octanol–water partition coefficient (Wildman–Crippen LogP) is 3.12. The van der Waals surface area contributed by atoms with Gasteiger partial charge in [-0.3, -0.25) is 9.36 Å². The lowest BCUT2D eigenvalue weighted by atomic mass is 10.3. The first-order valence-electron chi connectivity index (χ1n) is 6.25. The van der Waals surface area contributed by atoms with Gasteiger partial charge in [0.15, 0.2) is 0 Å². The molecule has 0 spiro atoms. The molecule has 2 aromatic heterocycles. The molecule has 0 bridgehead atoms. The van der Waals surface area contributed by atoms with Crippen LogP contribution in [-0.2, 0) is 0 Å². The van der Waals surface area contributed by atoms with Crippen LogP contribution in [-0.4, -0.2) is 20.4 Å². The molecule has 21 heavy (non-hydrogen) atoms. The lowest BCUT2D eigenvalue weighted by Crippen LogP contribution is -2.14. The third-order valence-corrected chi connectivity index (χ3v) is 3.56. The SMILES string of the molecule is O=C(Nc1ccc(I)cc1)c1cccc(-n2ccnc2)n1. The summed E-state index contributed by atoms with van der Waals surface area (Å²) in [5.74, 6) is 0.418. The zero-order chi connectivity index (χ0) is 14.7. The summed E-state index contributed by atoms with van der Waals surface area (Å²) in [6, 6.07) is 12.9. The highest BCUT2D eigenvalue weighted by Gasteiger charge is 2.09. The quantitative estimate of drug-likeness (QED) is 0.700. The minimum absolute atomic E-state index is 0.238. The molecule has 104 valence electrons. The summed E-state index contributed by atoms with van der Waals surface area (Å²) in [5.41, 5.74) is 1.11. The van der Waals surface area contributed by atoms with Crippen LogP contribution in [0.15, 0.2) is 61.2 Å². The Bertz CT molecular complexity index is 754. The number of hydrogen-bond acceptors (Lipinski definition) is 3. The molecule has 0 saturated carbocycles. The van der Waals surface area contributed by atoms with E-state index in [9.17, 15) is 4.79 Å². The van der Waals surface area contributed by atoms with Crippen molar-refractivity contribution in [2.45, 2.75) is 0 Å². The molecule has 0 radical (unpaired) electrons. The fraction of sp³-hybridized carbons (Fsp3) is 0. The van der Waals surface area contributed by atoms with Gasteiger partial charge in [-0.05, 0) is 59.0 Å². The third-order valence-electron chi connectivity index (χ3n) is 2.84. The number of anilines is 1. The van der Waals surface area contributed by atoms with Gasteiger partial charge in [0.25, 0.3) is 5.91 Å². The number of amides is 1. The highest BCUT2D eigenvalue weighted by molar-refractivity contribution is 14.1. The summed E-state index contributed by atoms with van der Waals surface area (Å²) >= 11 is 2.22. The van der Waals surface area contributed by atoms with Crippen LogP contribution >= 0.6 is 22.6 Å². The molecule has 6 heteroatoms. The van der Waals surface area contributed by atoms with Crippen LogP contribution in [0.4, 0.5) is 5.69 Å². The lowest BCUT2D eigenvalue weighted by Gasteiger charge is -2.06. The molecule has 0 aliphatic rings. The first kappa shape index (κ1) is 13.7. The minimum atomic E-state index is -0.238. The van der Waals surface area contributed by atoms with Crippen molar-refractivity contribution in [2.24, 2.45) is 0 Å². The molecule has 1 aromatic carbocycles. The number of halogens is 1. The van der Waals surface area contributed by atoms with E-state index < -0.39 is 0 Å². The summed E-state index contributed by atoms with van der Waals surface area (Å²) in [7, 11) is 0. The summed E-state index contributed by atoms with van der Waals surface area (Å²) in [6.45, 7) is 0. The third kappa shape index (κ3) is 3.27. The number of pyridine rings is 1. The van der Waals surface area contributed by atoms with E-state index in [0.717, 1.165) is 9.26 Å². The Hall–Kier alpha value is -2.22. The maximum atomic E-state index is 12.2. The standard InChI is InChI=1S/C15H11IN4O/c16-11-4-6-12(7-5-11)18-15(21)13-2-1-3-14(19-13)20-9-8-17-10-20/h1-10H,(H,18,21). The molecule has 0 fully saturated rings. The van der Waals surface area contributed by atoms with E-state index in [0.29, 0.717) is 11.5 Å². The molecule has 0 aliphatic heterocycles. The fourth-order valence-electron chi connectivity index (χ4n) is 1.82. The van der Waals surface area contributed by atoms with Crippen molar-refractivity contribution in [3.8, 4) is 5.82 Å². The monoisotopic (exact) mass is 390 g/mol. The molecule has 1 N–H and O–H groups in total. The molecule has 3 rings (SSSR count). The van der Waals surface area contributed by atoms with Crippen LogP contribution < -0.4 is 5.32 Å². The van der Waals surface area contributed by atoms with E-state index in [-0.39, 0.29) is 5.91 Å². The number of hydrogen-bond donors (Lipinski definition) is 1. The van der Waals surface area contributed by atoms with Gasteiger partial charge in [0.1, 0.15) is 17.8 Å². The molecule has 3 aromatic rings.